The summed E-state index contributed by atoms with van der Waals surface area (Å²) in [7, 11) is 0. The van der Waals surface area contributed by atoms with Crippen molar-refractivity contribution in [3.8, 4) is 0 Å². The molecule has 0 bridgehead atoms. The number of rotatable bonds is 3. The fourth-order valence-electron chi connectivity index (χ4n) is 0.238. The molecule has 0 aromatic carbocycles. The molecular formula is C4H8N2O3. The van der Waals surface area contributed by atoms with Crippen LogP contribution in [-0.4, -0.2) is 28.7 Å². The highest BCUT2D eigenvalue weighted by Gasteiger charge is 2.20. The van der Waals surface area contributed by atoms with Crippen LogP contribution in [-0.2, 0) is 9.59 Å². The van der Waals surface area contributed by atoms with Gasteiger partial charge in [0, 0.05) is 0 Å². The molecule has 5 heteroatoms. The summed E-state index contributed by atoms with van der Waals surface area (Å²) in [6, 6.07) is 0. The average Bonchev–Trinajstić information content (AvgIpc) is 1.65. The van der Waals surface area contributed by atoms with Crippen LogP contribution in [0.3, 0.4) is 0 Å². The summed E-state index contributed by atoms with van der Waals surface area (Å²) < 4.78 is 0. The Balaban J connectivity index is 4.11. The van der Waals surface area contributed by atoms with Crippen LogP contribution in [0.4, 0.5) is 0 Å². The van der Waals surface area contributed by atoms with Crippen molar-refractivity contribution < 1.29 is 14.7 Å². The molecule has 0 radical (unpaired) electrons. The summed E-state index contributed by atoms with van der Waals surface area (Å²) in [6.07, 6.45) is 0.292. The van der Waals surface area contributed by atoms with Crippen molar-refractivity contribution in [2.24, 2.45) is 5.73 Å². The van der Waals surface area contributed by atoms with Gasteiger partial charge in [-0.15, -0.1) is 0 Å². The highest BCUT2D eigenvalue weighted by Crippen LogP contribution is 1.94. The van der Waals surface area contributed by atoms with Crippen molar-refractivity contribution in [1.29, 1.82) is 0 Å². The summed E-state index contributed by atoms with van der Waals surface area (Å²) in [5, 5.41) is 8.72. The number of nitrogens with two attached hydrogens (primary N) is 1. The second-order valence-electron chi connectivity index (χ2n) is 1.71. The van der Waals surface area contributed by atoms with Crippen LogP contribution in [0.1, 0.15) is 6.92 Å². The Hall–Kier alpha value is -0.940. The Bertz CT molecular complexity index is 109. The number of carbonyl (C=O) groups is 2. The zero-order chi connectivity index (χ0) is 7.49. The lowest BCUT2D eigenvalue weighted by Gasteiger charge is -2.23. The van der Waals surface area contributed by atoms with E-state index in [4.69, 9.17) is 10.8 Å². The zero-order valence-electron chi connectivity index (χ0n) is 4.94. The minimum atomic E-state index is -1.89. The minimum absolute atomic E-state index is 0.146. The third-order valence-corrected chi connectivity index (χ3v) is 0.750. The van der Waals surface area contributed by atoms with Crippen LogP contribution < -0.4 is 5.73 Å². The van der Waals surface area contributed by atoms with Gasteiger partial charge >= 0.3 is 0 Å². The number of hydrogen-bond acceptors (Lipinski definition) is 4. The predicted octanol–water partition coefficient (Wildman–Crippen LogP) is -1.77. The lowest BCUT2D eigenvalue weighted by Crippen LogP contribution is -2.52. The lowest BCUT2D eigenvalue weighted by atomic mass is 10.5. The molecule has 0 fully saturated rings. The first-order chi connectivity index (χ1) is 4.02. The summed E-state index contributed by atoms with van der Waals surface area (Å²) in [5.74, 6) is -1.89. The molecule has 5 nitrogen and oxygen atoms in total. The normalized spacial score (nSPS) is 15.9. The van der Waals surface area contributed by atoms with Gasteiger partial charge in [-0.1, -0.05) is 0 Å². The van der Waals surface area contributed by atoms with Crippen molar-refractivity contribution in [2.45, 2.75) is 12.8 Å². The fourth-order valence-corrected chi connectivity index (χ4v) is 0.238. The number of amides is 2. The van der Waals surface area contributed by atoms with Crippen molar-refractivity contribution >= 4 is 12.8 Å². The number of carbonyl (C=O) groups excluding carboxylic acids is 2. The van der Waals surface area contributed by atoms with Gasteiger partial charge in [0.2, 0.25) is 12.8 Å². The van der Waals surface area contributed by atoms with Gasteiger partial charge in [-0.05, 0) is 6.92 Å². The third-order valence-electron chi connectivity index (χ3n) is 0.750. The summed E-state index contributed by atoms with van der Waals surface area (Å²) >= 11 is 0. The van der Waals surface area contributed by atoms with Crippen molar-refractivity contribution in [2.75, 3.05) is 0 Å². The van der Waals surface area contributed by atoms with Gasteiger partial charge in [0.1, 0.15) is 0 Å². The van der Waals surface area contributed by atoms with E-state index in [-0.39, 0.29) is 12.8 Å². The number of imide groups is 1. The second kappa shape index (κ2) is 2.56. The maximum absolute atomic E-state index is 9.84. The molecule has 3 N–H and O–H groups in total. The molecule has 0 aromatic rings. The van der Waals surface area contributed by atoms with E-state index in [1.54, 1.807) is 0 Å². The van der Waals surface area contributed by atoms with E-state index in [0.29, 0.717) is 4.90 Å². The molecule has 0 aliphatic rings. The van der Waals surface area contributed by atoms with E-state index < -0.39 is 5.85 Å². The molecule has 1 atom stereocenters. The van der Waals surface area contributed by atoms with Gasteiger partial charge in [-0.3, -0.25) is 15.3 Å². The Morgan fingerprint density at radius 1 is 1.56 bits per heavy atom. The van der Waals surface area contributed by atoms with E-state index in [1.807, 2.05) is 0 Å². The molecule has 9 heavy (non-hydrogen) atoms. The molecule has 0 spiro atoms. The van der Waals surface area contributed by atoms with Crippen LogP contribution in [0.2, 0.25) is 0 Å². The Morgan fingerprint density at radius 2 is 1.89 bits per heavy atom. The SMILES string of the molecule is CC(N)(O)N(C=O)C=O. The van der Waals surface area contributed by atoms with E-state index in [9.17, 15) is 9.59 Å². The number of hydrogen-bond donors (Lipinski definition) is 2. The highest BCUT2D eigenvalue weighted by molar-refractivity contribution is 5.69. The van der Waals surface area contributed by atoms with E-state index in [2.05, 4.69) is 0 Å². The smallest absolute Gasteiger partial charge is 0.219 e. The Labute approximate surface area is 52.1 Å². The second-order valence-corrected chi connectivity index (χ2v) is 1.71. The molecule has 0 aliphatic heterocycles. The quantitative estimate of drug-likeness (QED) is 0.351. The molecule has 2 amide bonds. The van der Waals surface area contributed by atoms with Crippen LogP contribution in [0.25, 0.3) is 0 Å². The number of nitrogens with zero attached hydrogens (tertiary/aromatic N) is 1. The zero-order valence-corrected chi connectivity index (χ0v) is 4.94. The largest absolute Gasteiger partial charge is 0.358 e. The average molecular weight is 132 g/mol. The Kier molecular flexibility index (Phi) is 2.29. The highest BCUT2D eigenvalue weighted by atomic mass is 16.3. The first-order valence-corrected chi connectivity index (χ1v) is 2.22. The molecule has 0 heterocycles. The minimum Gasteiger partial charge on any atom is -0.358 e. The fraction of sp³-hybridized carbons (Fsp3) is 0.500. The Morgan fingerprint density at radius 3 is 1.89 bits per heavy atom. The third kappa shape index (κ3) is 2.20. The van der Waals surface area contributed by atoms with E-state index in [1.165, 1.54) is 0 Å². The van der Waals surface area contributed by atoms with Gasteiger partial charge in [-0.2, -0.15) is 0 Å². The van der Waals surface area contributed by atoms with Gasteiger partial charge in [0.25, 0.3) is 0 Å². The van der Waals surface area contributed by atoms with E-state index >= 15 is 0 Å². The summed E-state index contributed by atoms with van der Waals surface area (Å²) in [5.41, 5.74) is 4.92. The van der Waals surface area contributed by atoms with Crippen LogP contribution in [0, 0.1) is 0 Å². The summed E-state index contributed by atoms with van der Waals surface area (Å²) in [6.45, 7) is 1.12. The van der Waals surface area contributed by atoms with Gasteiger partial charge in [-0.25, -0.2) is 4.90 Å². The molecule has 0 aliphatic carbocycles. The molecule has 0 saturated carbocycles. The van der Waals surface area contributed by atoms with Crippen molar-refractivity contribution in [3.63, 3.8) is 0 Å². The lowest BCUT2D eigenvalue weighted by molar-refractivity contribution is -0.151. The maximum atomic E-state index is 9.84. The molecule has 0 rings (SSSR count). The van der Waals surface area contributed by atoms with Gasteiger partial charge < -0.3 is 5.11 Å². The standard InChI is InChI=1S/C4H8N2O3/c1-4(5,9)6(2-7)3-8/h2-3,9H,5H2,1H3. The molecule has 0 saturated heterocycles. The van der Waals surface area contributed by atoms with E-state index in [0.717, 1.165) is 6.92 Å². The molecule has 0 aromatic heterocycles. The predicted molar refractivity (Wildman–Crippen MR) is 28.8 cm³/mol. The number of aliphatic hydroxyl groups is 1. The summed E-state index contributed by atoms with van der Waals surface area (Å²) in [4.78, 5) is 20.1. The van der Waals surface area contributed by atoms with Gasteiger partial charge in [0.05, 0.1) is 0 Å². The van der Waals surface area contributed by atoms with Crippen LogP contribution in [0.15, 0.2) is 0 Å². The first-order valence-electron chi connectivity index (χ1n) is 2.22. The topological polar surface area (TPSA) is 83.6 Å². The van der Waals surface area contributed by atoms with Crippen molar-refractivity contribution in [3.05, 3.63) is 0 Å². The molecule has 52 valence electrons. The first kappa shape index (κ1) is 8.06. The molecule has 1 unspecified atom stereocenters. The van der Waals surface area contributed by atoms with Gasteiger partial charge in [0.15, 0.2) is 5.85 Å². The van der Waals surface area contributed by atoms with Crippen molar-refractivity contribution in [1.82, 2.24) is 4.90 Å². The monoisotopic (exact) mass is 132 g/mol. The maximum Gasteiger partial charge on any atom is 0.219 e. The molecular weight excluding hydrogens is 124 g/mol. The van der Waals surface area contributed by atoms with Crippen LogP contribution >= 0.6 is 0 Å². The van der Waals surface area contributed by atoms with Crippen LogP contribution in [0.5, 0.6) is 0 Å².